The maximum atomic E-state index is 13.3. The lowest BCUT2D eigenvalue weighted by molar-refractivity contribution is -0.132. The van der Waals surface area contributed by atoms with Crippen molar-refractivity contribution < 1.29 is 9.18 Å². The zero-order chi connectivity index (χ0) is 16.0. The molecule has 1 aliphatic heterocycles. The number of thioether (sulfide) groups is 1. The van der Waals surface area contributed by atoms with Crippen LogP contribution in [0, 0.1) is 5.82 Å². The molecule has 1 aromatic heterocycles. The summed E-state index contributed by atoms with van der Waals surface area (Å²) in [5.74, 6) is 0.574. The number of aromatic amines is 1. The van der Waals surface area contributed by atoms with Crippen LogP contribution >= 0.6 is 11.8 Å². The van der Waals surface area contributed by atoms with Crippen molar-refractivity contribution in [3.63, 3.8) is 0 Å². The highest BCUT2D eigenvalue weighted by Gasteiger charge is 2.51. The average Bonchev–Trinajstić information content (AvgIpc) is 3.28. The van der Waals surface area contributed by atoms with E-state index in [1.807, 2.05) is 18.5 Å². The number of nitrogens with zero attached hydrogens (tertiary/aromatic N) is 1. The van der Waals surface area contributed by atoms with E-state index in [1.54, 1.807) is 17.8 Å². The molecule has 0 radical (unpaired) electrons. The zero-order valence-corrected chi connectivity index (χ0v) is 14.1. The van der Waals surface area contributed by atoms with Gasteiger partial charge in [0.25, 0.3) is 0 Å². The number of nitrogens with one attached hydrogen (secondary N) is 1. The molecule has 2 heterocycles. The molecule has 0 unspecified atom stereocenters. The van der Waals surface area contributed by atoms with Gasteiger partial charge >= 0.3 is 0 Å². The van der Waals surface area contributed by atoms with Crippen LogP contribution in [0.2, 0.25) is 0 Å². The minimum atomic E-state index is -0.210. The average molecular weight is 332 g/mol. The Morgan fingerprint density at radius 2 is 2.09 bits per heavy atom. The lowest BCUT2D eigenvalue weighted by atomic mass is 9.89. The number of carbonyl (C=O) groups is 1. The lowest BCUT2D eigenvalue weighted by Gasteiger charge is -2.34. The summed E-state index contributed by atoms with van der Waals surface area (Å²) in [7, 11) is 0. The minimum absolute atomic E-state index is 0.106. The number of amides is 1. The Balaban J connectivity index is 1.48. The van der Waals surface area contributed by atoms with Crippen LogP contribution in [0.15, 0.2) is 24.4 Å². The topological polar surface area (TPSA) is 36.1 Å². The van der Waals surface area contributed by atoms with Gasteiger partial charge in [-0.2, -0.15) is 0 Å². The molecule has 1 N–H and O–H groups in total. The predicted octanol–water partition coefficient (Wildman–Crippen LogP) is 3.91. The third kappa shape index (κ3) is 2.55. The molecule has 2 fully saturated rings. The van der Waals surface area contributed by atoms with E-state index in [1.165, 1.54) is 11.6 Å². The van der Waals surface area contributed by atoms with Crippen molar-refractivity contribution in [3.05, 3.63) is 35.8 Å². The van der Waals surface area contributed by atoms with Crippen LogP contribution in [-0.2, 0) is 4.79 Å². The number of H-pyrrole nitrogens is 1. The van der Waals surface area contributed by atoms with Gasteiger partial charge < -0.3 is 9.88 Å². The molecule has 2 aromatic rings. The SMILES string of the molecule is CSC1(C(=O)N2CCC(c3c[nH]c4cc(F)ccc34)CC2)CC1. The molecule has 2 aliphatic rings. The Morgan fingerprint density at radius 3 is 2.74 bits per heavy atom. The number of likely N-dealkylation sites (tertiary alicyclic amines) is 1. The van der Waals surface area contributed by atoms with Gasteiger partial charge in [-0.15, -0.1) is 11.8 Å². The van der Waals surface area contributed by atoms with Crippen LogP contribution in [0.3, 0.4) is 0 Å². The van der Waals surface area contributed by atoms with Gasteiger partial charge in [-0.05, 0) is 61.6 Å². The molecule has 1 saturated carbocycles. The first-order valence-corrected chi connectivity index (χ1v) is 9.46. The largest absolute Gasteiger partial charge is 0.361 e. The van der Waals surface area contributed by atoms with E-state index in [-0.39, 0.29) is 10.6 Å². The van der Waals surface area contributed by atoms with E-state index in [4.69, 9.17) is 0 Å². The highest BCUT2D eigenvalue weighted by molar-refractivity contribution is 8.01. The van der Waals surface area contributed by atoms with Gasteiger partial charge in [0.1, 0.15) is 5.82 Å². The van der Waals surface area contributed by atoms with Gasteiger partial charge in [0.15, 0.2) is 0 Å². The molecule has 0 spiro atoms. The Morgan fingerprint density at radius 1 is 1.35 bits per heavy atom. The zero-order valence-electron chi connectivity index (χ0n) is 13.3. The Kier molecular flexibility index (Phi) is 3.63. The predicted molar refractivity (Wildman–Crippen MR) is 92.3 cm³/mol. The van der Waals surface area contributed by atoms with Crippen molar-refractivity contribution in [1.82, 2.24) is 9.88 Å². The van der Waals surface area contributed by atoms with Crippen molar-refractivity contribution in [3.8, 4) is 0 Å². The first kappa shape index (κ1) is 15.1. The molecule has 1 aromatic carbocycles. The number of fused-ring (bicyclic) bond motifs is 1. The fourth-order valence-electron chi connectivity index (χ4n) is 3.76. The normalized spacial score (nSPS) is 20.9. The van der Waals surface area contributed by atoms with Gasteiger partial charge in [0, 0.05) is 30.2 Å². The summed E-state index contributed by atoms with van der Waals surface area (Å²) in [6.45, 7) is 1.67. The Hall–Kier alpha value is -1.49. The van der Waals surface area contributed by atoms with E-state index < -0.39 is 0 Å². The second-order valence-corrected chi connectivity index (χ2v) is 7.89. The number of piperidine rings is 1. The summed E-state index contributed by atoms with van der Waals surface area (Å²) in [6.07, 6.45) is 8.09. The molecule has 23 heavy (non-hydrogen) atoms. The van der Waals surface area contributed by atoms with Gasteiger partial charge in [0.2, 0.25) is 5.91 Å². The summed E-state index contributed by atoms with van der Waals surface area (Å²) in [4.78, 5) is 17.8. The Bertz CT molecular complexity index is 745. The first-order valence-electron chi connectivity index (χ1n) is 8.24. The highest BCUT2D eigenvalue weighted by Crippen LogP contribution is 2.49. The number of rotatable bonds is 3. The summed E-state index contributed by atoms with van der Waals surface area (Å²) in [5, 5.41) is 1.11. The standard InChI is InChI=1S/C18H21FN2OS/c1-23-18(6-7-18)17(22)21-8-4-12(5-9-21)15-11-20-16-10-13(19)2-3-14(15)16/h2-3,10-12,20H,4-9H2,1H3. The summed E-state index contributed by atoms with van der Waals surface area (Å²) < 4.78 is 13.2. The second-order valence-electron chi connectivity index (χ2n) is 6.70. The summed E-state index contributed by atoms with van der Waals surface area (Å²) >= 11 is 1.71. The fraction of sp³-hybridized carbons (Fsp3) is 0.500. The molecule has 4 rings (SSSR count). The van der Waals surface area contributed by atoms with Crippen LogP contribution in [0.5, 0.6) is 0 Å². The molecule has 0 bridgehead atoms. The van der Waals surface area contributed by atoms with Crippen molar-refractivity contribution >= 4 is 28.6 Å². The van der Waals surface area contributed by atoms with Crippen LogP contribution in [0.1, 0.15) is 37.2 Å². The number of carbonyl (C=O) groups excluding carboxylic acids is 1. The van der Waals surface area contributed by atoms with Gasteiger partial charge in [0.05, 0.1) is 4.75 Å². The van der Waals surface area contributed by atoms with Crippen LogP contribution in [0.4, 0.5) is 4.39 Å². The number of halogens is 1. The number of hydrogen-bond acceptors (Lipinski definition) is 2. The monoisotopic (exact) mass is 332 g/mol. The molecule has 1 saturated heterocycles. The maximum absolute atomic E-state index is 13.3. The van der Waals surface area contributed by atoms with Gasteiger partial charge in [-0.25, -0.2) is 4.39 Å². The third-order valence-corrected chi connectivity index (χ3v) is 6.75. The van der Waals surface area contributed by atoms with Crippen molar-refractivity contribution in [1.29, 1.82) is 0 Å². The molecular weight excluding hydrogens is 311 g/mol. The second kappa shape index (κ2) is 5.55. The van der Waals surface area contributed by atoms with Crippen LogP contribution in [-0.4, -0.2) is 39.9 Å². The van der Waals surface area contributed by atoms with Crippen LogP contribution in [0.25, 0.3) is 10.9 Å². The third-order valence-electron chi connectivity index (χ3n) is 5.38. The quantitative estimate of drug-likeness (QED) is 0.925. The molecular formula is C18H21FN2OS. The number of hydrogen-bond donors (Lipinski definition) is 1. The van der Waals surface area contributed by atoms with E-state index in [9.17, 15) is 9.18 Å². The van der Waals surface area contributed by atoms with Gasteiger partial charge in [-0.1, -0.05) is 0 Å². The number of aromatic nitrogens is 1. The van der Waals surface area contributed by atoms with E-state index in [0.717, 1.165) is 49.7 Å². The summed E-state index contributed by atoms with van der Waals surface area (Å²) in [6, 6.07) is 4.93. The van der Waals surface area contributed by atoms with E-state index >= 15 is 0 Å². The molecule has 3 nitrogen and oxygen atoms in total. The molecule has 5 heteroatoms. The van der Waals surface area contributed by atoms with Gasteiger partial charge in [-0.3, -0.25) is 4.79 Å². The Labute approximate surface area is 139 Å². The lowest BCUT2D eigenvalue weighted by Crippen LogP contribution is -2.43. The van der Waals surface area contributed by atoms with E-state index in [2.05, 4.69) is 9.88 Å². The van der Waals surface area contributed by atoms with Crippen molar-refractivity contribution in [2.75, 3.05) is 19.3 Å². The fourth-order valence-corrected chi connectivity index (χ4v) is 4.57. The highest BCUT2D eigenvalue weighted by atomic mass is 32.2. The van der Waals surface area contributed by atoms with Crippen molar-refractivity contribution in [2.45, 2.75) is 36.3 Å². The summed E-state index contributed by atoms with van der Waals surface area (Å²) in [5.41, 5.74) is 2.12. The van der Waals surface area contributed by atoms with Crippen molar-refractivity contribution in [2.24, 2.45) is 0 Å². The minimum Gasteiger partial charge on any atom is -0.361 e. The smallest absolute Gasteiger partial charge is 0.238 e. The van der Waals surface area contributed by atoms with Crippen LogP contribution < -0.4 is 0 Å². The molecule has 122 valence electrons. The maximum Gasteiger partial charge on any atom is 0.238 e. The molecule has 1 aliphatic carbocycles. The number of benzene rings is 1. The van der Waals surface area contributed by atoms with E-state index in [0.29, 0.717) is 11.8 Å². The molecule has 0 atom stereocenters. The first-order chi connectivity index (χ1) is 11.1. The molecule has 1 amide bonds.